The van der Waals surface area contributed by atoms with Gasteiger partial charge in [-0.2, -0.15) is 0 Å². The molecule has 0 aliphatic carbocycles. The summed E-state index contributed by atoms with van der Waals surface area (Å²) < 4.78 is 5.44. The van der Waals surface area contributed by atoms with Gasteiger partial charge in [-0.3, -0.25) is 0 Å². The Morgan fingerprint density at radius 1 is 1.31 bits per heavy atom. The highest BCUT2D eigenvalue weighted by molar-refractivity contribution is 6.42. The standard InChI is InChI=1S/C12H15Cl2NO/c13-10-2-1-8(6-11(10)14)5-9-7-16-4-3-12(9)15/h1-2,6,9,12H,3-5,7,15H2. The Morgan fingerprint density at radius 3 is 2.81 bits per heavy atom. The van der Waals surface area contributed by atoms with E-state index in [1.807, 2.05) is 18.2 Å². The zero-order valence-electron chi connectivity index (χ0n) is 8.96. The first-order valence-corrected chi connectivity index (χ1v) is 6.19. The van der Waals surface area contributed by atoms with Gasteiger partial charge in [-0.15, -0.1) is 0 Å². The summed E-state index contributed by atoms with van der Waals surface area (Å²) in [5.41, 5.74) is 7.22. The lowest BCUT2D eigenvalue weighted by Gasteiger charge is -2.28. The van der Waals surface area contributed by atoms with Crippen LogP contribution in [-0.4, -0.2) is 19.3 Å². The van der Waals surface area contributed by atoms with Crippen LogP contribution >= 0.6 is 23.2 Å². The highest BCUT2D eigenvalue weighted by atomic mass is 35.5. The maximum atomic E-state index is 6.06. The molecule has 0 spiro atoms. The fourth-order valence-electron chi connectivity index (χ4n) is 1.99. The highest BCUT2D eigenvalue weighted by Crippen LogP contribution is 2.25. The van der Waals surface area contributed by atoms with Gasteiger partial charge in [0.15, 0.2) is 0 Å². The molecule has 88 valence electrons. The van der Waals surface area contributed by atoms with Gasteiger partial charge < -0.3 is 10.5 Å². The van der Waals surface area contributed by atoms with E-state index < -0.39 is 0 Å². The molecule has 1 aromatic rings. The summed E-state index contributed by atoms with van der Waals surface area (Å²) in [7, 11) is 0. The normalized spacial score (nSPS) is 25.7. The first-order valence-electron chi connectivity index (χ1n) is 5.44. The average molecular weight is 260 g/mol. The van der Waals surface area contributed by atoms with Gasteiger partial charge in [-0.1, -0.05) is 29.3 Å². The van der Waals surface area contributed by atoms with Gasteiger partial charge in [0.1, 0.15) is 0 Å². The lowest BCUT2D eigenvalue weighted by atomic mass is 9.90. The van der Waals surface area contributed by atoms with E-state index in [9.17, 15) is 0 Å². The molecule has 2 rings (SSSR count). The Balaban J connectivity index is 2.05. The van der Waals surface area contributed by atoms with Gasteiger partial charge >= 0.3 is 0 Å². The molecule has 1 aliphatic rings. The summed E-state index contributed by atoms with van der Waals surface area (Å²) >= 11 is 11.8. The number of halogens is 2. The molecule has 2 nitrogen and oxygen atoms in total. The molecule has 1 heterocycles. The van der Waals surface area contributed by atoms with E-state index in [-0.39, 0.29) is 6.04 Å². The summed E-state index contributed by atoms with van der Waals surface area (Å²) in [6.45, 7) is 1.51. The Labute approximate surface area is 106 Å². The van der Waals surface area contributed by atoms with Crippen molar-refractivity contribution < 1.29 is 4.74 Å². The molecule has 1 aliphatic heterocycles. The van der Waals surface area contributed by atoms with Crippen molar-refractivity contribution in [2.75, 3.05) is 13.2 Å². The van der Waals surface area contributed by atoms with E-state index in [1.54, 1.807) is 0 Å². The molecular formula is C12H15Cl2NO. The lowest BCUT2D eigenvalue weighted by molar-refractivity contribution is 0.0422. The molecule has 0 saturated carbocycles. The van der Waals surface area contributed by atoms with Crippen LogP contribution in [0.1, 0.15) is 12.0 Å². The first kappa shape index (κ1) is 12.2. The van der Waals surface area contributed by atoms with E-state index in [2.05, 4.69) is 0 Å². The molecule has 0 aromatic heterocycles. The fourth-order valence-corrected chi connectivity index (χ4v) is 2.31. The van der Waals surface area contributed by atoms with Crippen LogP contribution in [0.5, 0.6) is 0 Å². The van der Waals surface area contributed by atoms with E-state index in [0.29, 0.717) is 16.0 Å². The van der Waals surface area contributed by atoms with Crippen LogP contribution in [0.15, 0.2) is 18.2 Å². The van der Waals surface area contributed by atoms with E-state index in [0.717, 1.165) is 26.1 Å². The second kappa shape index (κ2) is 5.37. The third kappa shape index (κ3) is 2.89. The fraction of sp³-hybridized carbons (Fsp3) is 0.500. The number of hydrogen-bond donors (Lipinski definition) is 1. The second-order valence-electron chi connectivity index (χ2n) is 4.24. The average Bonchev–Trinajstić information content (AvgIpc) is 2.27. The van der Waals surface area contributed by atoms with Crippen LogP contribution in [-0.2, 0) is 11.2 Å². The Bertz CT molecular complexity index is 370. The molecule has 2 N–H and O–H groups in total. The number of nitrogens with two attached hydrogens (primary N) is 1. The number of benzene rings is 1. The van der Waals surface area contributed by atoms with Crippen molar-refractivity contribution in [3.63, 3.8) is 0 Å². The van der Waals surface area contributed by atoms with Crippen LogP contribution in [0.4, 0.5) is 0 Å². The second-order valence-corrected chi connectivity index (χ2v) is 5.05. The van der Waals surface area contributed by atoms with Crippen LogP contribution in [0.3, 0.4) is 0 Å². The Morgan fingerprint density at radius 2 is 2.12 bits per heavy atom. The molecule has 0 amide bonds. The van der Waals surface area contributed by atoms with Gasteiger partial charge in [0.25, 0.3) is 0 Å². The van der Waals surface area contributed by atoms with Gasteiger partial charge in [0, 0.05) is 18.6 Å². The minimum Gasteiger partial charge on any atom is -0.381 e. The predicted octanol–water partition coefficient (Wildman–Crippen LogP) is 2.90. The number of ether oxygens (including phenoxy) is 1. The van der Waals surface area contributed by atoms with Crippen molar-refractivity contribution >= 4 is 23.2 Å². The molecule has 0 radical (unpaired) electrons. The molecule has 4 heteroatoms. The first-order chi connectivity index (χ1) is 7.66. The van der Waals surface area contributed by atoms with E-state index >= 15 is 0 Å². The van der Waals surface area contributed by atoms with Crippen LogP contribution in [0, 0.1) is 5.92 Å². The van der Waals surface area contributed by atoms with Crippen molar-refractivity contribution in [1.82, 2.24) is 0 Å². The zero-order valence-corrected chi connectivity index (χ0v) is 10.5. The van der Waals surface area contributed by atoms with Crippen molar-refractivity contribution in [2.24, 2.45) is 11.7 Å². The van der Waals surface area contributed by atoms with Gasteiger partial charge in [0.2, 0.25) is 0 Å². The predicted molar refractivity (Wildman–Crippen MR) is 67.1 cm³/mol. The molecule has 16 heavy (non-hydrogen) atoms. The van der Waals surface area contributed by atoms with Gasteiger partial charge in [0.05, 0.1) is 16.7 Å². The van der Waals surface area contributed by atoms with Gasteiger partial charge in [-0.05, 0) is 30.5 Å². The quantitative estimate of drug-likeness (QED) is 0.887. The molecule has 0 bridgehead atoms. The Hall–Kier alpha value is -0.280. The Kier molecular flexibility index (Phi) is 4.09. The maximum absolute atomic E-state index is 6.06. The SMILES string of the molecule is NC1CCOCC1Cc1ccc(Cl)c(Cl)c1. The molecule has 2 unspecified atom stereocenters. The molecule has 1 aromatic carbocycles. The summed E-state index contributed by atoms with van der Waals surface area (Å²) in [5, 5.41) is 1.19. The van der Waals surface area contributed by atoms with Crippen molar-refractivity contribution in [2.45, 2.75) is 18.9 Å². The molecule has 1 saturated heterocycles. The summed E-state index contributed by atoms with van der Waals surface area (Å²) in [4.78, 5) is 0. The maximum Gasteiger partial charge on any atom is 0.0595 e. The smallest absolute Gasteiger partial charge is 0.0595 e. The number of rotatable bonds is 2. The van der Waals surface area contributed by atoms with Crippen molar-refractivity contribution in [3.8, 4) is 0 Å². The minimum absolute atomic E-state index is 0.225. The minimum atomic E-state index is 0.225. The summed E-state index contributed by atoms with van der Waals surface area (Å²) in [5.74, 6) is 0.381. The largest absolute Gasteiger partial charge is 0.381 e. The van der Waals surface area contributed by atoms with Crippen LogP contribution < -0.4 is 5.73 Å². The third-order valence-corrected chi connectivity index (χ3v) is 3.75. The van der Waals surface area contributed by atoms with E-state index in [4.69, 9.17) is 33.7 Å². The lowest BCUT2D eigenvalue weighted by Crippen LogP contribution is -2.39. The monoisotopic (exact) mass is 259 g/mol. The third-order valence-electron chi connectivity index (χ3n) is 3.01. The summed E-state index contributed by atoms with van der Waals surface area (Å²) in [6, 6.07) is 5.96. The van der Waals surface area contributed by atoms with Crippen molar-refractivity contribution in [1.29, 1.82) is 0 Å². The highest BCUT2D eigenvalue weighted by Gasteiger charge is 2.22. The molecule has 2 atom stereocenters. The van der Waals surface area contributed by atoms with Crippen LogP contribution in [0.25, 0.3) is 0 Å². The topological polar surface area (TPSA) is 35.2 Å². The van der Waals surface area contributed by atoms with Gasteiger partial charge in [-0.25, -0.2) is 0 Å². The number of hydrogen-bond acceptors (Lipinski definition) is 2. The van der Waals surface area contributed by atoms with Crippen LogP contribution in [0.2, 0.25) is 10.0 Å². The zero-order chi connectivity index (χ0) is 11.5. The van der Waals surface area contributed by atoms with E-state index in [1.165, 1.54) is 5.56 Å². The molecule has 1 fully saturated rings. The summed E-state index contributed by atoms with van der Waals surface area (Å²) in [6.07, 6.45) is 1.84. The molecular weight excluding hydrogens is 245 g/mol. The van der Waals surface area contributed by atoms with Crippen molar-refractivity contribution in [3.05, 3.63) is 33.8 Å².